The predicted molar refractivity (Wildman–Crippen MR) is 118 cm³/mol. The quantitative estimate of drug-likeness (QED) is 0.516. The number of benzene rings is 3. The van der Waals surface area contributed by atoms with E-state index in [9.17, 15) is 9.59 Å². The van der Waals surface area contributed by atoms with Crippen LogP contribution in [0.25, 0.3) is 11.1 Å². The van der Waals surface area contributed by atoms with Gasteiger partial charge in [0, 0.05) is 11.6 Å². The highest BCUT2D eigenvalue weighted by Crippen LogP contribution is 2.26. The second kappa shape index (κ2) is 9.65. The van der Waals surface area contributed by atoms with Gasteiger partial charge in [0.15, 0.2) is 0 Å². The van der Waals surface area contributed by atoms with Crippen molar-refractivity contribution in [2.24, 2.45) is 0 Å². The number of ether oxygens (including phenoxy) is 1. The first-order valence-corrected chi connectivity index (χ1v) is 9.88. The summed E-state index contributed by atoms with van der Waals surface area (Å²) in [5, 5.41) is 12.6. The van der Waals surface area contributed by atoms with Gasteiger partial charge >= 0.3 is 5.97 Å². The van der Waals surface area contributed by atoms with E-state index in [4.69, 9.17) is 33.0 Å². The molecule has 0 fully saturated rings. The smallest absolute Gasteiger partial charge is 0.337 e. The number of aromatic carboxylic acids is 1. The molecule has 0 radical (unpaired) electrons. The number of halogens is 2. The summed E-state index contributed by atoms with van der Waals surface area (Å²) in [5.41, 5.74) is 3.26. The Morgan fingerprint density at radius 2 is 1.63 bits per heavy atom. The molecule has 0 aromatic heterocycles. The van der Waals surface area contributed by atoms with Crippen molar-refractivity contribution >= 4 is 35.1 Å². The fourth-order valence-electron chi connectivity index (χ4n) is 3.01. The Morgan fingerprint density at radius 1 is 0.933 bits per heavy atom. The van der Waals surface area contributed by atoms with E-state index in [0.29, 0.717) is 29.3 Å². The summed E-state index contributed by atoms with van der Waals surface area (Å²) in [7, 11) is 1.50. The van der Waals surface area contributed by atoms with E-state index >= 15 is 0 Å². The maximum absolute atomic E-state index is 12.4. The Kier molecular flexibility index (Phi) is 6.98. The van der Waals surface area contributed by atoms with E-state index < -0.39 is 5.97 Å². The molecule has 0 aliphatic rings. The van der Waals surface area contributed by atoms with Crippen molar-refractivity contribution in [2.45, 2.75) is 6.42 Å². The molecule has 0 aliphatic carbocycles. The summed E-state index contributed by atoms with van der Waals surface area (Å²) in [6, 6.07) is 17.5. The molecule has 30 heavy (non-hydrogen) atoms. The van der Waals surface area contributed by atoms with Gasteiger partial charge in [-0.15, -0.1) is 0 Å². The van der Waals surface area contributed by atoms with Crippen LogP contribution in [0.1, 0.15) is 26.3 Å². The van der Waals surface area contributed by atoms with Gasteiger partial charge in [-0.25, -0.2) is 4.79 Å². The Labute approximate surface area is 184 Å². The molecule has 154 valence electrons. The maximum atomic E-state index is 12.4. The number of carbonyl (C=O) groups excluding carboxylic acids is 1. The highest BCUT2D eigenvalue weighted by molar-refractivity contribution is 6.33. The van der Waals surface area contributed by atoms with Crippen molar-refractivity contribution in [3.8, 4) is 16.9 Å². The van der Waals surface area contributed by atoms with E-state index in [1.54, 1.807) is 30.3 Å². The molecule has 0 spiro atoms. The van der Waals surface area contributed by atoms with E-state index in [1.165, 1.54) is 13.2 Å². The van der Waals surface area contributed by atoms with Crippen LogP contribution in [0.3, 0.4) is 0 Å². The predicted octanol–water partition coefficient (Wildman–Crippen LogP) is 5.34. The number of carbonyl (C=O) groups is 2. The first-order valence-electron chi connectivity index (χ1n) is 9.13. The topological polar surface area (TPSA) is 75.6 Å². The zero-order valence-electron chi connectivity index (χ0n) is 16.1. The third-order valence-corrected chi connectivity index (χ3v) is 5.14. The Bertz CT molecular complexity index is 1080. The molecule has 3 aromatic carbocycles. The van der Waals surface area contributed by atoms with Crippen LogP contribution < -0.4 is 10.1 Å². The highest BCUT2D eigenvalue weighted by atomic mass is 35.5. The Balaban J connectivity index is 1.61. The summed E-state index contributed by atoms with van der Waals surface area (Å²) < 4.78 is 5.21. The highest BCUT2D eigenvalue weighted by Gasteiger charge is 2.13. The number of rotatable bonds is 7. The number of carboxylic acid groups (broad SMARTS) is 1. The largest absolute Gasteiger partial charge is 0.496 e. The second-order valence-electron chi connectivity index (χ2n) is 6.55. The van der Waals surface area contributed by atoms with Crippen LogP contribution in [-0.2, 0) is 6.42 Å². The van der Waals surface area contributed by atoms with Gasteiger partial charge < -0.3 is 15.2 Å². The first kappa shape index (κ1) is 21.7. The number of methoxy groups -OCH3 is 1. The molecular weight excluding hydrogens is 425 g/mol. The van der Waals surface area contributed by atoms with Crippen LogP contribution in [-0.4, -0.2) is 30.6 Å². The van der Waals surface area contributed by atoms with Gasteiger partial charge in [0.05, 0.1) is 23.3 Å². The molecule has 5 nitrogen and oxygen atoms in total. The number of hydrogen-bond acceptors (Lipinski definition) is 3. The molecule has 0 unspecified atom stereocenters. The van der Waals surface area contributed by atoms with E-state index in [1.807, 2.05) is 24.3 Å². The molecule has 0 saturated carbocycles. The fraction of sp³-hybridized carbons (Fsp3) is 0.130. The molecule has 0 aliphatic heterocycles. The monoisotopic (exact) mass is 443 g/mol. The zero-order valence-corrected chi connectivity index (χ0v) is 17.6. The lowest BCUT2D eigenvalue weighted by atomic mass is 10.0. The van der Waals surface area contributed by atoms with Gasteiger partial charge in [-0.05, 0) is 53.4 Å². The number of amides is 1. The minimum atomic E-state index is -1.06. The van der Waals surface area contributed by atoms with Gasteiger partial charge in [0.25, 0.3) is 5.91 Å². The van der Waals surface area contributed by atoms with Crippen molar-refractivity contribution in [2.75, 3.05) is 13.7 Å². The molecule has 0 bridgehead atoms. The zero-order chi connectivity index (χ0) is 21.7. The van der Waals surface area contributed by atoms with Crippen LogP contribution in [0.5, 0.6) is 5.75 Å². The van der Waals surface area contributed by atoms with Crippen molar-refractivity contribution in [1.29, 1.82) is 0 Å². The van der Waals surface area contributed by atoms with Gasteiger partial charge in [-0.2, -0.15) is 0 Å². The second-order valence-corrected chi connectivity index (χ2v) is 7.39. The summed E-state index contributed by atoms with van der Waals surface area (Å²) >= 11 is 12.0. The molecule has 1 amide bonds. The number of nitrogens with one attached hydrogen (secondary N) is 1. The average Bonchev–Trinajstić information content (AvgIpc) is 2.73. The van der Waals surface area contributed by atoms with Gasteiger partial charge in [-0.3, -0.25) is 4.79 Å². The van der Waals surface area contributed by atoms with E-state index in [2.05, 4.69) is 5.32 Å². The Morgan fingerprint density at radius 3 is 2.27 bits per heavy atom. The van der Waals surface area contributed by atoms with Crippen molar-refractivity contribution < 1.29 is 19.4 Å². The minimum Gasteiger partial charge on any atom is -0.496 e. The number of carboxylic acids is 1. The van der Waals surface area contributed by atoms with Gasteiger partial charge in [-0.1, -0.05) is 53.5 Å². The average molecular weight is 444 g/mol. The van der Waals surface area contributed by atoms with Crippen molar-refractivity contribution in [3.63, 3.8) is 0 Å². The van der Waals surface area contributed by atoms with Crippen LogP contribution in [0.15, 0.2) is 60.7 Å². The molecule has 7 heteroatoms. The third-order valence-electron chi connectivity index (χ3n) is 4.59. The lowest BCUT2D eigenvalue weighted by Crippen LogP contribution is -2.26. The van der Waals surface area contributed by atoms with E-state index in [0.717, 1.165) is 16.7 Å². The minimum absolute atomic E-state index is 0.0733. The number of hydrogen-bond donors (Lipinski definition) is 2. The molecular formula is C23H19Cl2NO4. The first-order chi connectivity index (χ1) is 14.4. The molecule has 0 atom stereocenters. The molecule has 3 aromatic rings. The van der Waals surface area contributed by atoms with Crippen LogP contribution in [0.4, 0.5) is 0 Å². The van der Waals surface area contributed by atoms with Crippen LogP contribution in [0.2, 0.25) is 10.0 Å². The van der Waals surface area contributed by atoms with Gasteiger partial charge in [0.2, 0.25) is 0 Å². The van der Waals surface area contributed by atoms with Crippen LogP contribution in [0, 0.1) is 0 Å². The Hall–Kier alpha value is -3.02. The summed E-state index contributed by atoms with van der Waals surface area (Å²) in [6.07, 6.45) is 0.646. The summed E-state index contributed by atoms with van der Waals surface area (Å²) in [5.74, 6) is -0.840. The maximum Gasteiger partial charge on any atom is 0.337 e. The summed E-state index contributed by atoms with van der Waals surface area (Å²) in [4.78, 5) is 23.5. The fourth-order valence-corrected chi connectivity index (χ4v) is 3.44. The molecule has 0 heterocycles. The van der Waals surface area contributed by atoms with E-state index in [-0.39, 0.29) is 16.5 Å². The molecule has 3 rings (SSSR count). The SMILES string of the molecule is COc1ccc(Cl)cc1C(=O)NCCc1ccc(-c2ccc(C(=O)O)c(Cl)c2)cc1. The normalized spacial score (nSPS) is 10.5. The van der Waals surface area contributed by atoms with Crippen LogP contribution >= 0.6 is 23.2 Å². The van der Waals surface area contributed by atoms with Crippen molar-refractivity contribution in [3.05, 3.63) is 87.4 Å². The molecule has 0 saturated heterocycles. The standard InChI is InChI=1S/C23H19Cl2NO4/c1-30-21-9-7-17(24)13-19(21)22(27)26-11-10-14-2-4-15(5-3-14)16-6-8-18(23(28)29)20(25)12-16/h2-9,12-13H,10-11H2,1H3,(H,26,27)(H,28,29). The summed E-state index contributed by atoms with van der Waals surface area (Å²) in [6.45, 7) is 0.451. The van der Waals surface area contributed by atoms with Crippen molar-refractivity contribution in [1.82, 2.24) is 5.32 Å². The molecule has 2 N–H and O–H groups in total. The third kappa shape index (κ3) is 5.12. The lowest BCUT2D eigenvalue weighted by molar-refractivity contribution is 0.0696. The lowest BCUT2D eigenvalue weighted by Gasteiger charge is -2.10. The van der Waals surface area contributed by atoms with Gasteiger partial charge in [0.1, 0.15) is 5.75 Å².